The van der Waals surface area contributed by atoms with E-state index < -0.39 is 23.1 Å². The summed E-state index contributed by atoms with van der Waals surface area (Å²) in [7, 11) is 0. The summed E-state index contributed by atoms with van der Waals surface area (Å²) < 4.78 is 41.2. The molecule has 4 aliphatic rings. The van der Waals surface area contributed by atoms with Gasteiger partial charge in [0.05, 0.1) is 5.56 Å². The number of hydrogen-bond donors (Lipinski definition) is 1. The molecule has 4 nitrogen and oxygen atoms in total. The number of halogens is 3. The first-order chi connectivity index (χ1) is 13.9. The van der Waals surface area contributed by atoms with Gasteiger partial charge in [-0.05, 0) is 49.5 Å². The van der Waals surface area contributed by atoms with Crippen LogP contribution in [0.2, 0.25) is 0 Å². The van der Waals surface area contributed by atoms with E-state index in [1.54, 1.807) is 12.4 Å². The largest absolute Gasteiger partial charge is 0.417 e. The van der Waals surface area contributed by atoms with E-state index >= 15 is 0 Å². The number of nitrogens with zero attached hydrogens (tertiary/aromatic N) is 2. The summed E-state index contributed by atoms with van der Waals surface area (Å²) in [6.45, 7) is 2.03. The zero-order valence-corrected chi connectivity index (χ0v) is 15.8. The molecular formula is C22H22F3N3O. The van der Waals surface area contributed by atoms with Crippen molar-refractivity contribution in [1.82, 2.24) is 15.2 Å². The number of Topliss-reactive ketones (excluding diaryl/α,β-unsaturated/α-hetero) is 1. The number of ketones is 1. The molecule has 0 spiro atoms. The molecule has 2 aromatic rings. The molecule has 0 saturated carbocycles. The predicted octanol–water partition coefficient (Wildman–Crippen LogP) is 3.50. The van der Waals surface area contributed by atoms with Crippen molar-refractivity contribution >= 4 is 5.78 Å². The fourth-order valence-electron chi connectivity index (χ4n) is 5.86. The fourth-order valence-corrected chi connectivity index (χ4v) is 5.86. The van der Waals surface area contributed by atoms with Gasteiger partial charge < -0.3 is 5.32 Å². The Hall–Kier alpha value is -2.25. The van der Waals surface area contributed by atoms with Crippen LogP contribution in [0, 0.1) is 5.92 Å². The molecule has 0 amide bonds. The highest BCUT2D eigenvalue weighted by molar-refractivity contribution is 6.06. The molecule has 0 aliphatic carbocycles. The molecule has 0 radical (unpaired) electrons. The van der Waals surface area contributed by atoms with Gasteiger partial charge in [0.1, 0.15) is 5.54 Å². The Bertz CT molecular complexity index is 924. The fraction of sp³-hybridized carbons (Fsp3) is 0.455. The van der Waals surface area contributed by atoms with E-state index in [2.05, 4.69) is 15.2 Å². The van der Waals surface area contributed by atoms with Gasteiger partial charge >= 0.3 is 6.18 Å². The normalized spacial score (nSPS) is 33.5. The number of piperidine rings is 3. The maximum atomic E-state index is 14.0. The Morgan fingerprint density at radius 2 is 1.90 bits per heavy atom. The number of carbonyl (C=O) groups excluding carboxylic acids is 1. The highest BCUT2D eigenvalue weighted by Crippen LogP contribution is 2.52. The van der Waals surface area contributed by atoms with Crippen molar-refractivity contribution in [3.05, 3.63) is 65.5 Å². The summed E-state index contributed by atoms with van der Waals surface area (Å²) in [5, 5.41) is 3.52. The number of carbonyl (C=O) groups is 1. The zero-order chi connectivity index (χ0) is 20.2. The molecule has 152 valence electrons. The van der Waals surface area contributed by atoms with Crippen molar-refractivity contribution in [2.75, 3.05) is 19.6 Å². The Morgan fingerprint density at radius 1 is 1.14 bits per heavy atom. The van der Waals surface area contributed by atoms with Gasteiger partial charge in [0, 0.05) is 36.5 Å². The number of pyridine rings is 1. The van der Waals surface area contributed by atoms with Crippen molar-refractivity contribution in [1.29, 1.82) is 0 Å². The van der Waals surface area contributed by atoms with Gasteiger partial charge in [-0.3, -0.25) is 14.7 Å². The second-order valence-electron chi connectivity index (χ2n) is 8.25. The van der Waals surface area contributed by atoms with E-state index in [9.17, 15) is 18.0 Å². The van der Waals surface area contributed by atoms with E-state index in [1.807, 2.05) is 12.1 Å². The predicted molar refractivity (Wildman–Crippen MR) is 102 cm³/mol. The van der Waals surface area contributed by atoms with Crippen molar-refractivity contribution in [3.63, 3.8) is 0 Å². The van der Waals surface area contributed by atoms with Crippen molar-refractivity contribution < 1.29 is 18.0 Å². The summed E-state index contributed by atoms with van der Waals surface area (Å²) in [5.74, 6) is -0.361. The minimum Gasteiger partial charge on any atom is -0.311 e. The first kappa shape index (κ1) is 18.8. The maximum absolute atomic E-state index is 14.0. The van der Waals surface area contributed by atoms with Crippen LogP contribution in [-0.4, -0.2) is 46.9 Å². The standard InChI is InChI=1S/C22H22F3N3O/c23-22(24,25)17-6-2-1-5-16(17)20(29)21-18(15-4-3-9-26-12-15)13-27-19(21)14-7-10-28(21)11-8-14/h1-6,9,12,14,18-19,27H,7-8,10-11,13H2. The van der Waals surface area contributed by atoms with E-state index in [4.69, 9.17) is 0 Å². The summed E-state index contributed by atoms with van der Waals surface area (Å²) in [6.07, 6.45) is 0.769. The molecule has 5 heterocycles. The van der Waals surface area contributed by atoms with Crippen LogP contribution in [0.25, 0.3) is 0 Å². The molecule has 1 aromatic heterocycles. The Balaban J connectivity index is 1.69. The summed E-state index contributed by atoms with van der Waals surface area (Å²) in [4.78, 5) is 20.4. The number of nitrogens with one attached hydrogen (secondary N) is 1. The highest BCUT2D eigenvalue weighted by Gasteiger charge is 2.65. The SMILES string of the molecule is O=C(c1ccccc1C(F)(F)F)C12C(c3cccnc3)CNC1C1CCN2CC1. The molecule has 1 N–H and O–H groups in total. The zero-order valence-electron chi connectivity index (χ0n) is 15.8. The third-order valence-electron chi connectivity index (χ3n) is 7.01. The smallest absolute Gasteiger partial charge is 0.311 e. The number of benzene rings is 1. The number of hydrogen-bond acceptors (Lipinski definition) is 4. The third-order valence-corrected chi connectivity index (χ3v) is 7.01. The Labute approximate surface area is 167 Å². The van der Waals surface area contributed by atoms with Gasteiger partial charge in [-0.15, -0.1) is 0 Å². The van der Waals surface area contributed by atoms with E-state index in [-0.39, 0.29) is 17.5 Å². The van der Waals surface area contributed by atoms with E-state index in [0.717, 1.165) is 37.6 Å². The minimum atomic E-state index is -4.57. The number of rotatable bonds is 3. The first-order valence-electron chi connectivity index (χ1n) is 10.0. The molecular weight excluding hydrogens is 379 g/mol. The van der Waals surface area contributed by atoms with Crippen LogP contribution in [0.15, 0.2) is 48.8 Å². The molecule has 4 aliphatic heterocycles. The topological polar surface area (TPSA) is 45.2 Å². The molecule has 4 saturated heterocycles. The van der Waals surface area contributed by atoms with E-state index in [0.29, 0.717) is 12.5 Å². The lowest BCUT2D eigenvalue weighted by Crippen LogP contribution is -2.72. The average Bonchev–Trinajstić information content (AvgIpc) is 3.18. The molecule has 6 rings (SSSR count). The van der Waals surface area contributed by atoms with Gasteiger partial charge in [0.2, 0.25) is 0 Å². The summed E-state index contributed by atoms with van der Waals surface area (Å²) >= 11 is 0. The van der Waals surface area contributed by atoms with Gasteiger partial charge in [0.15, 0.2) is 5.78 Å². The second kappa shape index (κ2) is 6.64. The third kappa shape index (κ3) is 2.67. The molecule has 1 aromatic carbocycles. The lowest BCUT2D eigenvalue weighted by Gasteiger charge is -2.57. The van der Waals surface area contributed by atoms with Crippen LogP contribution in [0.4, 0.5) is 13.2 Å². The van der Waals surface area contributed by atoms with Crippen LogP contribution in [0.3, 0.4) is 0 Å². The van der Waals surface area contributed by atoms with Crippen LogP contribution >= 0.6 is 0 Å². The van der Waals surface area contributed by atoms with Crippen LogP contribution in [-0.2, 0) is 6.18 Å². The first-order valence-corrected chi connectivity index (χ1v) is 10.0. The summed E-state index contributed by atoms with van der Waals surface area (Å²) in [6, 6.07) is 8.80. The highest BCUT2D eigenvalue weighted by atomic mass is 19.4. The molecule has 2 bridgehead atoms. The quantitative estimate of drug-likeness (QED) is 0.800. The number of fused-ring (bicyclic) bond motifs is 2. The van der Waals surface area contributed by atoms with Crippen molar-refractivity contribution in [2.45, 2.75) is 36.5 Å². The maximum Gasteiger partial charge on any atom is 0.417 e. The van der Waals surface area contributed by atoms with Crippen molar-refractivity contribution in [3.8, 4) is 0 Å². The average molecular weight is 401 g/mol. The Kier molecular flexibility index (Phi) is 4.29. The number of alkyl halides is 3. The van der Waals surface area contributed by atoms with Gasteiger partial charge in [0.25, 0.3) is 0 Å². The molecule has 4 fully saturated rings. The van der Waals surface area contributed by atoms with Crippen molar-refractivity contribution in [2.24, 2.45) is 5.92 Å². The minimum absolute atomic E-state index is 0.149. The second-order valence-corrected chi connectivity index (χ2v) is 8.25. The molecule has 3 unspecified atom stereocenters. The lowest BCUT2D eigenvalue weighted by molar-refractivity contribution is -0.138. The van der Waals surface area contributed by atoms with Gasteiger partial charge in [-0.1, -0.05) is 24.3 Å². The molecule has 3 atom stereocenters. The van der Waals surface area contributed by atoms with Crippen LogP contribution in [0.5, 0.6) is 0 Å². The summed E-state index contributed by atoms with van der Waals surface area (Å²) in [5.41, 5.74) is -1.19. The van der Waals surface area contributed by atoms with Crippen LogP contribution < -0.4 is 5.32 Å². The van der Waals surface area contributed by atoms with Crippen LogP contribution in [0.1, 0.15) is 40.2 Å². The Morgan fingerprint density at radius 3 is 2.59 bits per heavy atom. The molecule has 29 heavy (non-hydrogen) atoms. The van der Waals surface area contributed by atoms with Gasteiger partial charge in [-0.2, -0.15) is 13.2 Å². The molecule has 7 heteroatoms. The van der Waals surface area contributed by atoms with Gasteiger partial charge in [-0.25, -0.2) is 0 Å². The monoisotopic (exact) mass is 401 g/mol. The van der Waals surface area contributed by atoms with E-state index in [1.165, 1.54) is 18.2 Å². The number of aromatic nitrogens is 1. The lowest BCUT2D eigenvalue weighted by atomic mass is 9.62.